The molecule has 142 valence electrons. The van der Waals surface area contributed by atoms with Crippen molar-refractivity contribution in [1.29, 1.82) is 0 Å². The topological polar surface area (TPSA) is 29.1 Å². The van der Waals surface area contributed by atoms with Crippen LogP contribution in [0.2, 0.25) is 0 Å². The minimum absolute atomic E-state index is 0.0724. The third-order valence-electron chi connectivity index (χ3n) is 3.88. The van der Waals surface area contributed by atoms with Crippen LogP contribution in [0.5, 0.6) is 0 Å². The van der Waals surface area contributed by atoms with Crippen LogP contribution in [0.25, 0.3) is 6.08 Å². The lowest BCUT2D eigenvalue weighted by atomic mass is 10.0. The molecule has 0 aliphatic rings. The van der Waals surface area contributed by atoms with Crippen LogP contribution in [0.4, 0.5) is 23.2 Å². The monoisotopic (exact) mass is 377 g/mol. The van der Waals surface area contributed by atoms with Crippen molar-refractivity contribution in [2.45, 2.75) is 26.4 Å². The average Bonchev–Trinajstić information content (AvgIpc) is 2.57. The molecule has 2 nitrogen and oxygen atoms in total. The van der Waals surface area contributed by atoms with Gasteiger partial charge in [-0.05, 0) is 37.6 Å². The Balaban J connectivity index is 2.27. The number of halogens is 4. The summed E-state index contributed by atoms with van der Waals surface area (Å²) in [6.07, 6.45) is -1.13. The van der Waals surface area contributed by atoms with Crippen LogP contribution in [-0.4, -0.2) is 5.78 Å². The third kappa shape index (κ3) is 5.06. The lowest BCUT2D eigenvalue weighted by molar-refractivity contribution is -0.140. The summed E-state index contributed by atoms with van der Waals surface area (Å²) in [5.74, 6) is -1.42. The Morgan fingerprint density at radius 3 is 2.52 bits per heavy atom. The van der Waals surface area contributed by atoms with Gasteiger partial charge in [-0.25, -0.2) is 4.39 Å². The van der Waals surface area contributed by atoms with E-state index in [4.69, 9.17) is 0 Å². The lowest BCUT2D eigenvalue weighted by Crippen LogP contribution is -2.10. The van der Waals surface area contributed by atoms with Gasteiger partial charge in [0.05, 0.1) is 5.56 Å². The van der Waals surface area contributed by atoms with Gasteiger partial charge < -0.3 is 5.32 Å². The zero-order chi connectivity index (χ0) is 20.2. The number of alkyl halides is 3. The number of hydrogen-bond donors (Lipinski definition) is 1. The van der Waals surface area contributed by atoms with E-state index in [-0.39, 0.29) is 17.8 Å². The number of allylic oxidation sites excluding steroid dienone is 2. The summed E-state index contributed by atoms with van der Waals surface area (Å²) in [5, 5.41) is 3.04. The molecular formula is C21H19F4NO. The molecule has 0 saturated heterocycles. The number of anilines is 1. The summed E-state index contributed by atoms with van der Waals surface area (Å²) in [5.41, 5.74) is 1.19. The van der Waals surface area contributed by atoms with Gasteiger partial charge in [-0.15, -0.1) is 0 Å². The Morgan fingerprint density at radius 2 is 1.93 bits per heavy atom. The van der Waals surface area contributed by atoms with Crippen LogP contribution in [0.3, 0.4) is 0 Å². The second-order valence-corrected chi connectivity index (χ2v) is 6.04. The van der Waals surface area contributed by atoms with Crippen LogP contribution >= 0.6 is 0 Å². The van der Waals surface area contributed by atoms with Crippen LogP contribution in [0, 0.1) is 5.82 Å². The fourth-order valence-corrected chi connectivity index (χ4v) is 2.71. The molecule has 0 atom stereocenters. The molecule has 6 heteroatoms. The van der Waals surface area contributed by atoms with E-state index in [0.717, 1.165) is 12.1 Å². The molecule has 0 radical (unpaired) electrons. The Bertz CT molecular complexity index is 898. The lowest BCUT2D eigenvalue weighted by Gasteiger charge is -2.15. The molecule has 2 aromatic carbocycles. The van der Waals surface area contributed by atoms with E-state index in [1.165, 1.54) is 13.0 Å². The van der Waals surface area contributed by atoms with Gasteiger partial charge >= 0.3 is 6.18 Å². The largest absolute Gasteiger partial charge is 0.419 e. The summed E-state index contributed by atoms with van der Waals surface area (Å²) >= 11 is 0. The van der Waals surface area contributed by atoms with E-state index in [2.05, 4.69) is 11.9 Å². The molecule has 0 bridgehead atoms. The maximum absolute atomic E-state index is 13.4. The molecule has 0 amide bonds. The first-order chi connectivity index (χ1) is 12.6. The number of carbonyl (C=O) groups is 1. The van der Waals surface area contributed by atoms with Gasteiger partial charge in [-0.3, -0.25) is 4.79 Å². The van der Waals surface area contributed by atoms with Gasteiger partial charge in [-0.2, -0.15) is 13.2 Å². The third-order valence-corrected chi connectivity index (χ3v) is 3.88. The molecule has 1 N–H and O–H groups in total. The Morgan fingerprint density at radius 1 is 1.22 bits per heavy atom. The summed E-state index contributed by atoms with van der Waals surface area (Å²) in [6, 6.07) is 8.02. The highest BCUT2D eigenvalue weighted by Gasteiger charge is 2.34. The van der Waals surface area contributed by atoms with Crippen molar-refractivity contribution >= 4 is 17.5 Å². The van der Waals surface area contributed by atoms with Crippen molar-refractivity contribution in [2.75, 3.05) is 5.32 Å². The first-order valence-corrected chi connectivity index (χ1v) is 8.20. The van der Waals surface area contributed by atoms with E-state index in [1.807, 2.05) is 6.92 Å². The van der Waals surface area contributed by atoms with E-state index < -0.39 is 17.6 Å². The summed E-state index contributed by atoms with van der Waals surface area (Å²) in [6.45, 7) is 7.11. The van der Waals surface area contributed by atoms with Crippen molar-refractivity contribution in [3.05, 3.63) is 82.8 Å². The Hall–Kier alpha value is -2.89. The van der Waals surface area contributed by atoms with Crippen molar-refractivity contribution < 1.29 is 22.4 Å². The van der Waals surface area contributed by atoms with Crippen LogP contribution in [0.15, 0.2) is 54.8 Å². The van der Waals surface area contributed by atoms with E-state index in [0.29, 0.717) is 22.5 Å². The van der Waals surface area contributed by atoms with Gasteiger partial charge in [0.25, 0.3) is 0 Å². The number of hydrogen-bond acceptors (Lipinski definition) is 2. The number of ketones is 1. The maximum atomic E-state index is 13.4. The highest BCUT2D eigenvalue weighted by atomic mass is 19.4. The zero-order valence-corrected chi connectivity index (χ0v) is 15.0. The number of carbonyl (C=O) groups excluding carboxylic acids is 1. The second-order valence-electron chi connectivity index (χ2n) is 6.04. The van der Waals surface area contributed by atoms with Gasteiger partial charge in [0, 0.05) is 28.9 Å². The van der Waals surface area contributed by atoms with E-state index in [1.54, 1.807) is 30.4 Å². The quantitative estimate of drug-likeness (QED) is 0.476. The Kier molecular flexibility index (Phi) is 6.20. The molecule has 2 aromatic rings. The second kappa shape index (κ2) is 8.20. The average molecular weight is 377 g/mol. The van der Waals surface area contributed by atoms with Crippen molar-refractivity contribution in [3.63, 3.8) is 0 Å². The van der Waals surface area contributed by atoms with E-state index >= 15 is 0 Å². The number of nitrogens with one attached hydrogen (secondary N) is 1. The molecule has 0 aromatic heterocycles. The van der Waals surface area contributed by atoms with Gasteiger partial charge in [-0.1, -0.05) is 36.9 Å². The first kappa shape index (κ1) is 20.4. The standard InChI is InChI=1S/C21H19F4NO/c1-4-6-17-16(14(3)27)7-5-8-20(17)26-13(2)11-15-9-10-19(22)18(12-15)21(23,24)25/h4-10,12,26H,2,11H2,1,3H3/b6-4-. The number of benzene rings is 2. The Labute approximate surface area is 155 Å². The van der Waals surface area contributed by atoms with Crippen molar-refractivity contribution in [3.8, 4) is 0 Å². The van der Waals surface area contributed by atoms with Crippen LogP contribution in [-0.2, 0) is 12.6 Å². The fourth-order valence-electron chi connectivity index (χ4n) is 2.71. The SMILES string of the molecule is C=C(Cc1ccc(F)c(C(F)(F)F)c1)Nc1cccc(C(C)=O)c1/C=C\C. The summed E-state index contributed by atoms with van der Waals surface area (Å²) < 4.78 is 52.0. The zero-order valence-electron chi connectivity index (χ0n) is 15.0. The number of Topliss-reactive ketones (excluding diaryl/α,β-unsaturated/α-hetero) is 1. The molecule has 0 spiro atoms. The van der Waals surface area contributed by atoms with Crippen LogP contribution in [0.1, 0.15) is 40.9 Å². The molecule has 0 heterocycles. The minimum Gasteiger partial charge on any atom is -0.359 e. The summed E-state index contributed by atoms with van der Waals surface area (Å²) in [4.78, 5) is 11.8. The van der Waals surface area contributed by atoms with Crippen molar-refractivity contribution in [2.24, 2.45) is 0 Å². The number of rotatable bonds is 6. The molecule has 0 unspecified atom stereocenters. The minimum atomic E-state index is -4.76. The highest BCUT2D eigenvalue weighted by Crippen LogP contribution is 2.32. The smallest absolute Gasteiger partial charge is 0.359 e. The predicted molar refractivity (Wildman–Crippen MR) is 99.0 cm³/mol. The maximum Gasteiger partial charge on any atom is 0.419 e. The molecule has 0 fully saturated rings. The van der Waals surface area contributed by atoms with E-state index in [9.17, 15) is 22.4 Å². The van der Waals surface area contributed by atoms with Gasteiger partial charge in [0.15, 0.2) is 5.78 Å². The fraction of sp³-hybridized carbons (Fsp3) is 0.190. The molecule has 0 saturated carbocycles. The van der Waals surface area contributed by atoms with Gasteiger partial charge in [0.1, 0.15) is 5.82 Å². The van der Waals surface area contributed by atoms with Crippen molar-refractivity contribution in [1.82, 2.24) is 0 Å². The predicted octanol–water partition coefficient (Wildman–Crippen LogP) is 6.25. The molecular weight excluding hydrogens is 358 g/mol. The normalized spacial score (nSPS) is 11.6. The van der Waals surface area contributed by atoms with Gasteiger partial charge in [0.2, 0.25) is 0 Å². The van der Waals surface area contributed by atoms with Crippen LogP contribution < -0.4 is 5.32 Å². The molecule has 0 aliphatic heterocycles. The molecule has 0 aliphatic carbocycles. The highest BCUT2D eigenvalue weighted by molar-refractivity contribution is 5.99. The molecule has 2 rings (SSSR count). The first-order valence-electron chi connectivity index (χ1n) is 8.20. The molecule has 27 heavy (non-hydrogen) atoms. The summed E-state index contributed by atoms with van der Waals surface area (Å²) in [7, 11) is 0.